The number of hydrogen-bond donors (Lipinski definition) is 0. The fourth-order valence-electron chi connectivity index (χ4n) is 3.27. The lowest BCUT2D eigenvalue weighted by molar-refractivity contribution is 0.0953. The summed E-state index contributed by atoms with van der Waals surface area (Å²) in [6, 6.07) is 9.40. The molecule has 4 heteroatoms. The van der Waals surface area contributed by atoms with Crippen molar-refractivity contribution in [3.63, 3.8) is 0 Å². The molecule has 1 aliphatic carbocycles. The molecule has 1 heterocycles. The van der Waals surface area contributed by atoms with Crippen molar-refractivity contribution in [3.8, 4) is 0 Å². The number of benzene rings is 1. The zero-order valence-corrected chi connectivity index (χ0v) is 13.4. The first-order chi connectivity index (χ1) is 10.6. The Kier molecular flexibility index (Phi) is 4.79. The van der Waals surface area contributed by atoms with Gasteiger partial charge in [0.2, 0.25) is 0 Å². The van der Waals surface area contributed by atoms with Crippen LogP contribution in [0, 0.1) is 5.92 Å². The van der Waals surface area contributed by atoms with Gasteiger partial charge in [0.1, 0.15) is 0 Å². The predicted octanol–water partition coefficient (Wildman–Crippen LogP) is 3.28. The van der Waals surface area contributed by atoms with Gasteiger partial charge in [-0.15, -0.1) is 0 Å². The first-order valence-electron chi connectivity index (χ1n) is 7.87. The summed E-state index contributed by atoms with van der Waals surface area (Å²) in [7, 11) is -3.22. The van der Waals surface area contributed by atoms with E-state index in [4.69, 9.17) is 4.74 Å². The lowest BCUT2D eigenvalue weighted by Gasteiger charge is -2.26. The van der Waals surface area contributed by atoms with E-state index < -0.39 is 15.1 Å². The molecule has 118 valence electrons. The summed E-state index contributed by atoms with van der Waals surface area (Å²) in [5.41, 5.74) is 0.848. The molecule has 2 aliphatic rings. The highest BCUT2D eigenvalue weighted by atomic mass is 32.2. The summed E-state index contributed by atoms with van der Waals surface area (Å²) in [4.78, 5) is 0. The van der Waals surface area contributed by atoms with Crippen molar-refractivity contribution < 1.29 is 13.2 Å². The standard InChI is InChI=1S/C18H22O3S/c19-22(20,14-15-7-2-1-3-8-15)18-11-5-4-9-16(18)13-17-10-6-12-21-17/h1-5,7-9,11,16-18H,6,10,12-14H2/t16-,17?,18?/m1/s1. The fourth-order valence-corrected chi connectivity index (χ4v) is 5.18. The largest absolute Gasteiger partial charge is 0.378 e. The number of hydrogen-bond acceptors (Lipinski definition) is 3. The second-order valence-corrected chi connectivity index (χ2v) is 8.22. The molecule has 0 saturated carbocycles. The molecule has 3 rings (SSSR count). The van der Waals surface area contributed by atoms with Gasteiger partial charge in [-0.25, -0.2) is 8.42 Å². The van der Waals surface area contributed by atoms with Crippen LogP contribution in [-0.2, 0) is 20.3 Å². The topological polar surface area (TPSA) is 43.4 Å². The van der Waals surface area contributed by atoms with Crippen LogP contribution in [0.1, 0.15) is 24.8 Å². The van der Waals surface area contributed by atoms with E-state index in [9.17, 15) is 8.42 Å². The highest BCUT2D eigenvalue weighted by Crippen LogP contribution is 2.30. The van der Waals surface area contributed by atoms with Gasteiger partial charge >= 0.3 is 0 Å². The Labute approximate surface area is 132 Å². The van der Waals surface area contributed by atoms with Gasteiger partial charge in [0, 0.05) is 6.61 Å². The summed E-state index contributed by atoms with van der Waals surface area (Å²) < 4.78 is 31.3. The Morgan fingerprint density at radius 1 is 1.09 bits per heavy atom. The minimum absolute atomic E-state index is 0.0156. The van der Waals surface area contributed by atoms with Gasteiger partial charge < -0.3 is 4.74 Å². The second kappa shape index (κ2) is 6.80. The minimum Gasteiger partial charge on any atom is -0.378 e. The SMILES string of the molecule is O=S(=O)(Cc1ccccc1)C1C=CC=C[C@@H]1CC1CCCO1. The van der Waals surface area contributed by atoms with Crippen LogP contribution in [0.3, 0.4) is 0 Å². The van der Waals surface area contributed by atoms with E-state index in [0.717, 1.165) is 31.4 Å². The summed E-state index contributed by atoms with van der Waals surface area (Å²) >= 11 is 0. The highest BCUT2D eigenvalue weighted by Gasteiger charge is 2.33. The second-order valence-electron chi connectivity index (χ2n) is 6.06. The van der Waals surface area contributed by atoms with E-state index in [1.807, 2.05) is 54.6 Å². The van der Waals surface area contributed by atoms with Gasteiger partial charge in [-0.05, 0) is 30.7 Å². The molecular formula is C18H22O3S. The van der Waals surface area contributed by atoms with Crippen LogP contribution < -0.4 is 0 Å². The average Bonchev–Trinajstić information content (AvgIpc) is 3.01. The van der Waals surface area contributed by atoms with Crippen LogP contribution in [0.5, 0.6) is 0 Å². The van der Waals surface area contributed by atoms with Crippen molar-refractivity contribution in [2.75, 3.05) is 6.61 Å². The van der Waals surface area contributed by atoms with Gasteiger partial charge in [0.25, 0.3) is 0 Å². The summed E-state index contributed by atoms with van der Waals surface area (Å²) in [5, 5.41) is -0.443. The third kappa shape index (κ3) is 3.68. The Morgan fingerprint density at radius 2 is 1.86 bits per heavy atom. The van der Waals surface area contributed by atoms with E-state index in [0.29, 0.717) is 0 Å². The summed E-state index contributed by atoms with van der Waals surface area (Å²) in [6.45, 7) is 0.804. The normalized spacial score (nSPS) is 28.1. The number of sulfone groups is 1. The highest BCUT2D eigenvalue weighted by molar-refractivity contribution is 7.91. The maximum absolute atomic E-state index is 12.8. The van der Waals surface area contributed by atoms with Crippen molar-refractivity contribution in [3.05, 3.63) is 60.2 Å². The average molecular weight is 318 g/mol. The maximum atomic E-state index is 12.8. The molecule has 2 unspecified atom stereocenters. The van der Waals surface area contributed by atoms with E-state index in [-0.39, 0.29) is 17.8 Å². The Hall–Kier alpha value is -1.39. The molecule has 0 N–H and O–H groups in total. The molecule has 3 nitrogen and oxygen atoms in total. The van der Waals surface area contributed by atoms with Crippen LogP contribution in [-0.4, -0.2) is 26.4 Å². The van der Waals surface area contributed by atoms with E-state index in [1.165, 1.54) is 0 Å². The van der Waals surface area contributed by atoms with Crippen LogP contribution in [0.4, 0.5) is 0 Å². The number of ether oxygens (including phenoxy) is 1. The van der Waals surface area contributed by atoms with Gasteiger partial charge in [-0.3, -0.25) is 0 Å². The quantitative estimate of drug-likeness (QED) is 0.837. The van der Waals surface area contributed by atoms with Crippen LogP contribution in [0.15, 0.2) is 54.6 Å². The zero-order chi connectivity index (χ0) is 15.4. The molecule has 1 aromatic carbocycles. The maximum Gasteiger partial charge on any atom is 0.161 e. The molecule has 0 radical (unpaired) electrons. The van der Waals surface area contributed by atoms with Gasteiger partial charge in [0.05, 0.1) is 17.1 Å². The third-order valence-corrected chi connectivity index (χ3v) is 6.45. The first-order valence-corrected chi connectivity index (χ1v) is 9.59. The molecule has 1 aromatic rings. The zero-order valence-electron chi connectivity index (χ0n) is 12.6. The van der Waals surface area contributed by atoms with Crippen molar-refractivity contribution in [1.82, 2.24) is 0 Å². The Balaban J connectivity index is 1.74. The van der Waals surface area contributed by atoms with Crippen molar-refractivity contribution >= 4 is 9.84 Å². The van der Waals surface area contributed by atoms with Gasteiger partial charge in [0.15, 0.2) is 9.84 Å². The van der Waals surface area contributed by atoms with Gasteiger partial charge in [-0.1, -0.05) is 54.6 Å². The Morgan fingerprint density at radius 3 is 2.59 bits per heavy atom. The number of rotatable bonds is 5. The smallest absolute Gasteiger partial charge is 0.161 e. The van der Waals surface area contributed by atoms with E-state index in [2.05, 4.69) is 0 Å². The molecule has 0 aromatic heterocycles. The van der Waals surface area contributed by atoms with E-state index in [1.54, 1.807) is 0 Å². The van der Waals surface area contributed by atoms with Crippen molar-refractivity contribution in [2.24, 2.45) is 5.92 Å². The minimum atomic E-state index is -3.22. The molecule has 0 amide bonds. The fraction of sp³-hybridized carbons (Fsp3) is 0.444. The van der Waals surface area contributed by atoms with Crippen LogP contribution in [0.25, 0.3) is 0 Å². The molecule has 3 atom stereocenters. The van der Waals surface area contributed by atoms with E-state index >= 15 is 0 Å². The molecular weight excluding hydrogens is 296 g/mol. The first kappa shape index (κ1) is 15.5. The Bertz CT molecular complexity index is 640. The van der Waals surface area contributed by atoms with Crippen molar-refractivity contribution in [2.45, 2.75) is 36.4 Å². The monoisotopic (exact) mass is 318 g/mol. The molecule has 1 fully saturated rings. The third-order valence-electron chi connectivity index (χ3n) is 4.38. The van der Waals surface area contributed by atoms with Crippen LogP contribution >= 0.6 is 0 Å². The predicted molar refractivity (Wildman–Crippen MR) is 88.2 cm³/mol. The van der Waals surface area contributed by atoms with Crippen molar-refractivity contribution in [1.29, 1.82) is 0 Å². The molecule has 22 heavy (non-hydrogen) atoms. The lowest BCUT2D eigenvalue weighted by atomic mass is 9.93. The molecule has 0 spiro atoms. The summed E-state index contributed by atoms with van der Waals surface area (Å²) in [5.74, 6) is 0.112. The summed E-state index contributed by atoms with van der Waals surface area (Å²) in [6.07, 6.45) is 10.8. The van der Waals surface area contributed by atoms with Crippen LogP contribution in [0.2, 0.25) is 0 Å². The molecule has 1 saturated heterocycles. The number of allylic oxidation sites excluding steroid dienone is 3. The molecule has 1 aliphatic heterocycles. The van der Waals surface area contributed by atoms with Gasteiger partial charge in [-0.2, -0.15) is 0 Å². The molecule has 0 bridgehead atoms. The lowest BCUT2D eigenvalue weighted by Crippen LogP contribution is -2.31.